The number of likely N-dealkylation sites (N-methyl/N-ethyl adjacent to an activating group) is 1. The van der Waals surface area contributed by atoms with Gasteiger partial charge in [-0.05, 0) is 29.6 Å². The summed E-state index contributed by atoms with van der Waals surface area (Å²) in [6.45, 7) is 6.43. The van der Waals surface area contributed by atoms with Crippen LogP contribution in [0.4, 0.5) is 0 Å². The maximum absolute atomic E-state index is 6.48. The Morgan fingerprint density at radius 1 is 1.09 bits per heavy atom. The topological polar surface area (TPSA) is 24.3 Å². The van der Waals surface area contributed by atoms with Crippen LogP contribution in [0, 0.1) is 3.70 Å². The maximum Gasteiger partial charge on any atom is 0.142 e. The van der Waals surface area contributed by atoms with E-state index in [-0.39, 0.29) is 0 Å². The molecule has 0 radical (unpaired) electrons. The van der Waals surface area contributed by atoms with Crippen LogP contribution in [0.25, 0.3) is 11.3 Å². The van der Waals surface area contributed by atoms with Gasteiger partial charge in [0.05, 0.1) is 12.2 Å². The molecule has 0 spiro atoms. The first kappa shape index (κ1) is 16.2. The van der Waals surface area contributed by atoms with Crippen LogP contribution >= 0.6 is 34.2 Å². The Morgan fingerprint density at radius 2 is 1.77 bits per heavy atom. The summed E-state index contributed by atoms with van der Waals surface area (Å²) in [5.74, 6) is 0. The van der Waals surface area contributed by atoms with Crippen molar-refractivity contribution < 1.29 is 0 Å². The Morgan fingerprint density at radius 3 is 2.45 bits per heavy atom. The summed E-state index contributed by atoms with van der Waals surface area (Å²) in [4.78, 5) is 4.87. The first-order valence-electron chi connectivity index (χ1n) is 7.53. The molecule has 0 bridgehead atoms. The second-order valence-electron chi connectivity index (χ2n) is 5.69. The minimum Gasteiger partial charge on any atom is -0.304 e. The lowest BCUT2D eigenvalue weighted by atomic mass is 10.1. The molecule has 6 heteroatoms. The number of halogens is 2. The van der Waals surface area contributed by atoms with E-state index < -0.39 is 0 Å². The Kier molecular flexibility index (Phi) is 5.38. The minimum absolute atomic E-state index is 0.755. The van der Waals surface area contributed by atoms with Crippen LogP contribution in [0.2, 0.25) is 5.02 Å². The predicted molar refractivity (Wildman–Crippen MR) is 99.3 cm³/mol. The molecule has 2 heterocycles. The number of aromatic nitrogens is 2. The zero-order chi connectivity index (χ0) is 15.5. The number of rotatable bonds is 4. The van der Waals surface area contributed by atoms with E-state index in [4.69, 9.17) is 11.6 Å². The number of benzene rings is 1. The van der Waals surface area contributed by atoms with E-state index in [1.165, 1.54) is 0 Å². The summed E-state index contributed by atoms with van der Waals surface area (Å²) in [5.41, 5.74) is 2.15. The molecule has 1 aromatic heterocycles. The Bertz CT molecular complexity index is 621. The number of piperazine rings is 1. The molecule has 0 atom stereocenters. The van der Waals surface area contributed by atoms with Gasteiger partial charge in [0.25, 0.3) is 0 Å². The number of hydrogen-bond acceptors (Lipinski definition) is 3. The van der Waals surface area contributed by atoms with E-state index in [2.05, 4.69) is 61.4 Å². The van der Waals surface area contributed by atoms with Gasteiger partial charge < -0.3 is 4.90 Å². The van der Waals surface area contributed by atoms with Crippen molar-refractivity contribution in [1.82, 2.24) is 19.6 Å². The zero-order valence-corrected chi connectivity index (χ0v) is 15.6. The molecule has 118 valence electrons. The molecular formula is C16H20ClIN4. The fraction of sp³-hybridized carbons (Fsp3) is 0.438. The standard InChI is InChI=1S/C16H20ClIN4/c1-20-7-9-21(10-8-20)11-12-22-15(14(17)16(18)19-22)13-5-3-2-4-6-13/h2-6H,7-12H2,1H3. The molecule has 0 saturated carbocycles. The Balaban J connectivity index is 1.75. The maximum atomic E-state index is 6.48. The summed E-state index contributed by atoms with van der Waals surface area (Å²) in [7, 11) is 2.18. The Hall–Kier alpha value is -0.630. The summed E-state index contributed by atoms with van der Waals surface area (Å²) in [6.07, 6.45) is 0. The molecule has 0 aliphatic carbocycles. The first-order valence-corrected chi connectivity index (χ1v) is 8.99. The molecule has 4 nitrogen and oxygen atoms in total. The molecular weight excluding hydrogens is 411 g/mol. The second kappa shape index (κ2) is 7.29. The summed E-state index contributed by atoms with van der Waals surface area (Å²) in [5, 5.41) is 5.37. The molecule has 1 fully saturated rings. The molecule has 0 N–H and O–H groups in total. The molecule has 1 aliphatic heterocycles. The average Bonchev–Trinajstić information content (AvgIpc) is 2.82. The van der Waals surface area contributed by atoms with Crippen LogP contribution in [0.3, 0.4) is 0 Å². The van der Waals surface area contributed by atoms with Crippen molar-refractivity contribution in [2.75, 3.05) is 39.8 Å². The van der Waals surface area contributed by atoms with Gasteiger partial charge >= 0.3 is 0 Å². The highest BCUT2D eigenvalue weighted by molar-refractivity contribution is 14.1. The van der Waals surface area contributed by atoms with Gasteiger partial charge in [-0.3, -0.25) is 9.58 Å². The van der Waals surface area contributed by atoms with E-state index in [1.807, 2.05) is 18.2 Å². The summed E-state index contributed by atoms with van der Waals surface area (Å²) < 4.78 is 2.93. The van der Waals surface area contributed by atoms with Crippen LogP contribution in [-0.2, 0) is 6.54 Å². The molecule has 1 saturated heterocycles. The van der Waals surface area contributed by atoms with Crippen molar-refractivity contribution in [3.63, 3.8) is 0 Å². The second-order valence-corrected chi connectivity index (χ2v) is 7.09. The van der Waals surface area contributed by atoms with Gasteiger partial charge in [-0.2, -0.15) is 5.10 Å². The van der Waals surface area contributed by atoms with E-state index in [9.17, 15) is 0 Å². The fourth-order valence-corrected chi connectivity index (χ4v) is 3.51. The van der Waals surface area contributed by atoms with Crippen LogP contribution < -0.4 is 0 Å². The molecule has 1 aliphatic rings. The predicted octanol–water partition coefficient (Wildman–Crippen LogP) is 3.06. The quantitative estimate of drug-likeness (QED) is 0.697. The third-order valence-corrected chi connectivity index (χ3v) is 5.56. The SMILES string of the molecule is CN1CCN(CCn2nc(I)c(Cl)c2-c2ccccc2)CC1. The van der Waals surface area contributed by atoms with Crippen LogP contribution in [0.1, 0.15) is 0 Å². The first-order chi connectivity index (χ1) is 10.6. The van der Waals surface area contributed by atoms with Gasteiger partial charge in [-0.15, -0.1) is 0 Å². The van der Waals surface area contributed by atoms with E-state index in [0.717, 1.165) is 59.2 Å². The molecule has 2 aromatic rings. The monoisotopic (exact) mass is 430 g/mol. The zero-order valence-electron chi connectivity index (χ0n) is 12.7. The van der Waals surface area contributed by atoms with Crippen LogP contribution in [0.5, 0.6) is 0 Å². The van der Waals surface area contributed by atoms with Crippen molar-refractivity contribution in [2.24, 2.45) is 0 Å². The normalized spacial score (nSPS) is 17.0. The van der Waals surface area contributed by atoms with Gasteiger partial charge in [-0.25, -0.2) is 0 Å². The van der Waals surface area contributed by atoms with Crippen LogP contribution in [0.15, 0.2) is 30.3 Å². The molecule has 1 aromatic carbocycles. The molecule has 0 unspecified atom stereocenters. The van der Waals surface area contributed by atoms with Crippen LogP contribution in [-0.4, -0.2) is 59.4 Å². The van der Waals surface area contributed by atoms with E-state index >= 15 is 0 Å². The number of nitrogens with zero attached hydrogens (tertiary/aromatic N) is 4. The smallest absolute Gasteiger partial charge is 0.142 e. The number of hydrogen-bond donors (Lipinski definition) is 0. The largest absolute Gasteiger partial charge is 0.304 e. The lowest BCUT2D eigenvalue weighted by molar-refractivity contribution is 0.149. The average molecular weight is 431 g/mol. The van der Waals surface area contributed by atoms with E-state index in [1.54, 1.807) is 0 Å². The van der Waals surface area contributed by atoms with Crippen molar-refractivity contribution in [1.29, 1.82) is 0 Å². The van der Waals surface area contributed by atoms with Gasteiger partial charge in [-0.1, -0.05) is 41.9 Å². The van der Waals surface area contributed by atoms with Crippen molar-refractivity contribution >= 4 is 34.2 Å². The van der Waals surface area contributed by atoms with Crippen molar-refractivity contribution in [3.8, 4) is 11.3 Å². The molecule has 0 amide bonds. The minimum atomic E-state index is 0.755. The van der Waals surface area contributed by atoms with Gasteiger partial charge in [0.2, 0.25) is 0 Å². The third kappa shape index (κ3) is 3.64. The Labute approximate surface area is 150 Å². The van der Waals surface area contributed by atoms with Crippen molar-refractivity contribution in [2.45, 2.75) is 6.54 Å². The molecule has 3 rings (SSSR count). The molecule has 22 heavy (non-hydrogen) atoms. The lowest BCUT2D eigenvalue weighted by Crippen LogP contribution is -2.45. The highest BCUT2D eigenvalue weighted by Gasteiger charge is 2.18. The highest BCUT2D eigenvalue weighted by Crippen LogP contribution is 2.31. The summed E-state index contributed by atoms with van der Waals surface area (Å²) >= 11 is 8.69. The van der Waals surface area contributed by atoms with Gasteiger partial charge in [0, 0.05) is 38.3 Å². The highest BCUT2D eigenvalue weighted by atomic mass is 127. The van der Waals surface area contributed by atoms with Gasteiger partial charge in [0.15, 0.2) is 0 Å². The van der Waals surface area contributed by atoms with Crippen molar-refractivity contribution in [3.05, 3.63) is 39.1 Å². The summed E-state index contributed by atoms with van der Waals surface area (Å²) in [6, 6.07) is 10.3. The lowest BCUT2D eigenvalue weighted by Gasteiger charge is -2.32. The van der Waals surface area contributed by atoms with E-state index in [0.29, 0.717) is 0 Å². The third-order valence-electron chi connectivity index (χ3n) is 4.13. The van der Waals surface area contributed by atoms with Gasteiger partial charge in [0.1, 0.15) is 8.72 Å². The fourth-order valence-electron chi connectivity index (χ4n) is 2.75.